The maximum absolute atomic E-state index is 14.8. The van der Waals surface area contributed by atoms with Gasteiger partial charge in [-0.3, -0.25) is 0 Å². The van der Waals surface area contributed by atoms with Gasteiger partial charge >= 0.3 is 18.5 Å². The molecule has 5 atom stereocenters. The number of hydrogen-bond acceptors (Lipinski definition) is 4. The SMILES string of the molecule is COc1cc(F)c(C(C)C)cc1C1=CCC(C(F)(F)F)C=C1CN1C(O)OC2(C3C=C(C(F)(F)F)C=C(C(F)(F)F)C32)C12CC2. The van der Waals surface area contributed by atoms with Crippen molar-refractivity contribution < 1.29 is 58.5 Å². The number of alkyl halides is 9. The van der Waals surface area contributed by atoms with E-state index in [0.717, 1.165) is 12.1 Å². The van der Waals surface area contributed by atoms with E-state index in [4.69, 9.17) is 9.47 Å². The van der Waals surface area contributed by atoms with Crippen LogP contribution in [0.1, 0.15) is 50.2 Å². The number of aliphatic hydroxyl groups is 1. The summed E-state index contributed by atoms with van der Waals surface area (Å²) < 4.78 is 151. The first kappa shape index (κ1) is 32.1. The first-order valence-electron chi connectivity index (χ1n) is 14.3. The van der Waals surface area contributed by atoms with Crippen LogP contribution < -0.4 is 4.74 Å². The Bertz CT molecular complexity index is 1530. The molecule has 0 amide bonds. The monoisotopic (exact) mass is 653 g/mol. The van der Waals surface area contributed by atoms with Crippen molar-refractivity contribution in [3.63, 3.8) is 0 Å². The Hall–Kier alpha value is -2.84. The Balaban J connectivity index is 1.41. The molecule has 45 heavy (non-hydrogen) atoms. The average molecular weight is 654 g/mol. The molecule has 4 nitrogen and oxygen atoms in total. The molecule has 5 aliphatic rings. The van der Waals surface area contributed by atoms with Gasteiger partial charge in [0.25, 0.3) is 0 Å². The van der Waals surface area contributed by atoms with Gasteiger partial charge in [0.15, 0.2) is 0 Å². The minimum absolute atomic E-state index is 0.0355. The minimum Gasteiger partial charge on any atom is -0.496 e. The van der Waals surface area contributed by atoms with Crippen molar-refractivity contribution >= 4 is 5.57 Å². The highest BCUT2D eigenvalue weighted by Crippen LogP contribution is 2.77. The van der Waals surface area contributed by atoms with Gasteiger partial charge in [-0.1, -0.05) is 32.1 Å². The molecule has 6 rings (SSSR count). The second-order valence-electron chi connectivity index (χ2n) is 12.5. The maximum Gasteiger partial charge on any atom is 0.416 e. The molecule has 3 fully saturated rings. The molecule has 0 radical (unpaired) electrons. The van der Waals surface area contributed by atoms with Gasteiger partial charge in [-0.05, 0) is 54.0 Å². The van der Waals surface area contributed by atoms with Crippen LogP contribution in [0.5, 0.6) is 5.75 Å². The summed E-state index contributed by atoms with van der Waals surface area (Å²) in [5.41, 5.74) is -5.28. The fraction of sp³-hybridized carbons (Fsp3) is 0.548. The Morgan fingerprint density at radius 2 is 1.69 bits per heavy atom. The highest BCUT2D eigenvalue weighted by Gasteiger charge is 2.87. The minimum atomic E-state index is -5.12. The van der Waals surface area contributed by atoms with Crippen LogP contribution in [0.4, 0.5) is 43.9 Å². The van der Waals surface area contributed by atoms with Crippen LogP contribution in [0.3, 0.4) is 0 Å². The molecule has 246 valence electrons. The number of benzene rings is 1. The van der Waals surface area contributed by atoms with Gasteiger partial charge < -0.3 is 14.6 Å². The van der Waals surface area contributed by atoms with Crippen molar-refractivity contribution in [2.75, 3.05) is 13.7 Å². The number of fused-ring (bicyclic) bond motifs is 4. The summed E-state index contributed by atoms with van der Waals surface area (Å²) >= 11 is 0. The molecule has 14 heteroatoms. The Kier molecular flexibility index (Phi) is 7.19. The lowest BCUT2D eigenvalue weighted by Gasteiger charge is -2.32. The summed E-state index contributed by atoms with van der Waals surface area (Å²) in [6.45, 7) is 3.02. The van der Waals surface area contributed by atoms with Crippen molar-refractivity contribution in [2.24, 2.45) is 17.8 Å². The molecule has 1 aromatic rings. The number of methoxy groups -OCH3 is 1. The second-order valence-corrected chi connectivity index (χ2v) is 12.5. The summed E-state index contributed by atoms with van der Waals surface area (Å²) in [4.78, 5) is 1.25. The van der Waals surface area contributed by atoms with Crippen molar-refractivity contribution in [1.29, 1.82) is 0 Å². The van der Waals surface area contributed by atoms with E-state index >= 15 is 0 Å². The van der Waals surface area contributed by atoms with Crippen LogP contribution in [0.25, 0.3) is 5.57 Å². The number of ether oxygens (including phenoxy) is 2. The number of halogens is 10. The molecule has 1 aliphatic heterocycles. The zero-order chi connectivity index (χ0) is 33.1. The largest absolute Gasteiger partial charge is 0.496 e. The van der Waals surface area contributed by atoms with Gasteiger partial charge in [0.2, 0.25) is 6.41 Å². The summed E-state index contributed by atoms with van der Waals surface area (Å²) in [5, 5.41) is 11.1. The zero-order valence-electron chi connectivity index (χ0n) is 24.2. The molecule has 1 aromatic carbocycles. The van der Waals surface area contributed by atoms with Gasteiger partial charge in [-0.25, -0.2) is 9.29 Å². The number of rotatable bonds is 5. The van der Waals surface area contributed by atoms with Crippen molar-refractivity contribution in [2.45, 2.75) is 75.1 Å². The molecule has 0 bridgehead atoms. The third-order valence-corrected chi connectivity index (χ3v) is 9.75. The van der Waals surface area contributed by atoms with E-state index in [1.165, 1.54) is 24.2 Å². The van der Waals surface area contributed by atoms with Crippen LogP contribution in [-0.4, -0.2) is 59.7 Å². The molecule has 0 aromatic heterocycles. The van der Waals surface area contributed by atoms with Gasteiger partial charge in [-0.15, -0.1) is 0 Å². The van der Waals surface area contributed by atoms with E-state index in [1.807, 2.05) is 0 Å². The Labute approximate surface area is 251 Å². The van der Waals surface area contributed by atoms with Crippen LogP contribution >= 0.6 is 0 Å². The van der Waals surface area contributed by atoms with Crippen LogP contribution in [-0.2, 0) is 4.74 Å². The molecule has 1 heterocycles. The fourth-order valence-electron chi connectivity index (χ4n) is 7.53. The third kappa shape index (κ3) is 4.93. The molecular weight excluding hydrogens is 624 g/mol. The van der Waals surface area contributed by atoms with E-state index in [-0.39, 0.29) is 52.9 Å². The summed E-state index contributed by atoms with van der Waals surface area (Å²) in [7, 11) is 1.27. The quantitative estimate of drug-likeness (QED) is 0.328. The molecule has 1 N–H and O–H groups in total. The fourth-order valence-corrected chi connectivity index (χ4v) is 7.53. The maximum atomic E-state index is 14.8. The number of allylic oxidation sites excluding steroid dienone is 4. The van der Waals surface area contributed by atoms with Gasteiger partial charge in [0.1, 0.15) is 17.2 Å². The van der Waals surface area contributed by atoms with Crippen LogP contribution in [0, 0.1) is 23.6 Å². The van der Waals surface area contributed by atoms with E-state index in [2.05, 4.69) is 0 Å². The first-order chi connectivity index (χ1) is 20.8. The van der Waals surface area contributed by atoms with E-state index < -0.39 is 83.8 Å². The van der Waals surface area contributed by atoms with E-state index in [0.29, 0.717) is 6.08 Å². The predicted octanol–water partition coefficient (Wildman–Crippen LogP) is 7.97. The van der Waals surface area contributed by atoms with Gasteiger partial charge in [0.05, 0.1) is 24.1 Å². The van der Waals surface area contributed by atoms with Gasteiger partial charge in [-0.2, -0.15) is 39.5 Å². The molecule has 1 saturated heterocycles. The van der Waals surface area contributed by atoms with E-state index in [9.17, 15) is 49.0 Å². The van der Waals surface area contributed by atoms with Crippen LogP contribution in [0.15, 0.2) is 53.2 Å². The topological polar surface area (TPSA) is 41.9 Å². The summed E-state index contributed by atoms with van der Waals surface area (Å²) in [5.74, 6) is -5.68. The lowest BCUT2D eigenvalue weighted by molar-refractivity contribution is -0.161. The average Bonchev–Trinajstić information content (AvgIpc) is 3.83. The highest BCUT2D eigenvalue weighted by molar-refractivity contribution is 5.84. The lowest BCUT2D eigenvalue weighted by Crippen LogP contribution is -2.44. The van der Waals surface area contributed by atoms with Gasteiger partial charge in [0, 0.05) is 35.6 Å². The molecule has 2 saturated carbocycles. The zero-order valence-corrected chi connectivity index (χ0v) is 24.2. The Morgan fingerprint density at radius 1 is 1.02 bits per heavy atom. The highest BCUT2D eigenvalue weighted by atomic mass is 19.4. The lowest BCUT2D eigenvalue weighted by atomic mass is 9.84. The number of hydrogen-bond donors (Lipinski definition) is 1. The molecule has 2 spiro atoms. The normalized spacial score (nSPS) is 31.1. The number of nitrogens with zero attached hydrogens (tertiary/aromatic N) is 1. The van der Waals surface area contributed by atoms with E-state index in [1.54, 1.807) is 13.8 Å². The third-order valence-electron chi connectivity index (χ3n) is 9.75. The van der Waals surface area contributed by atoms with Crippen LogP contribution in [0.2, 0.25) is 0 Å². The second kappa shape index (κ2) is 10.1. The molecular formula is C31H29F10NO3. The smallest absolute Gasteiger partial charge is 0.416 e. The predicted molar refractivity (Wildman–Crippen MR) is 141 cm³/mol. The van der Waals surface area contributed by atoms with Crippen molar-refractivity contribution in [3.05, 3.63) is 70.1 Å². The first-order valence-corrected chi connectivity index (χ1v) is 14.3. The summed E-state index contributed by atoms with van der Waals surface area (Å²) in [6, 6.07) is 2.59. The molecule has 4 aliphatic carbocycles. The standard InChI is InChI=1S/C31H29F10NO3/c1-14(2)19-11-20(24(44-3)12-23(19)32)18-5-4-16(29(33,34)35)8-15(18)13-42-26(43)45-28(27(42)6-7-27)21-9-17(30(36,37)38)10-22(25(21)28)31(39,40)41/h5,8-12,14,16,21,25-26,43H,4,6-7,13H2,1-3H3. The summed E-state index contributed by atoms with van der Waals surface area (Å²) in [6.07, 6.45) is -13.9. The molecule has 5 unspecified atom stereocenters. The number of aliphatic hydroxyl groups excluding tert-OH is 1. The Morgan fingerprint density at radius 3 is 2.22 bits per heavy atom. The van der Waals surface area contributed by atoms with Crippen molar-refractivity contribution in [3.8, 4) is 5.75 Å². The van der Waals surface area contributed by atoms with Crippen molar-refractivity contribution in [1.82, 2.24) is 4.90 Å².